The second kappa shape index (κ2) is 7.05. The maximum Gasteiger partial charge on any atom is 0.278 e. The highest BCUT2D eigenvalue weighted by Crippen LogP contribution is 2.28. The molecule has 0 bridgehead atoms. The molecule has 2 aromatic carbocycles. The number of benzene rings is 2. The van der Waals surface area contributed by atoms with Gasteiger partial charge in [-0.3, -0.25) is 10.1 Å². The Morgan fingerprint density at radius 1 is 1.28 bits per heavy atom. The zero-order valence-corrected chi connectivity index (χ0v) is 13.9. The normalized spacial score (nSPS) is 10.9. The van der Waals surface area contributed by atoms with Gasteiger partial charge in [-0.1, -0.05) is 24.3 Å². The summed E-state index contributed by atoms with van der Waals surface area (Å²) < 4.78 is 6.99. The zero-order chi connectivity index (χ0) is 17.8. The fraction of sp³-hybridized carbons (Fsp3) is 0.0625. The summed E-state index contributed by atoms with van der Waals surface area (Å²) in [4.78, 5) is 10.6. The van der Waals surface area contributed by atoms with Gasteiger partial charge in [-0.2, -0.15) is 14.9 Å². The van der Waals surface area contributed by atoms with Gasteiger partial charge in [0.2, 0.25) is 4.77 Å². The van der Waals surface area contributed by atoms with Crippen molar-refractivity contribution in [1.82, 2.24) is 14.9 Å². The molecule has 0 radical (unpaired) electrons. The number of hydrogen-bond donors (Lipinski definition) is 1. The first-order valence-corrected chi connectivity index (χ1v) is 7.61. The number of aromatic nitrogens is 3. The lowest BCUT2D eigenvalue weighted by atomic mass is 10.2. The molecule has 8 nitrogen and oxygen atoms in total. The number of ether oxygens (including phenoxy) is 1. The van der Waals surface area contributed by atoms with E-state index in [1.807, 2.05) is 18.2 Å². The standard InChI is InChI=1S/C16H13N5O3S/c1-24-14-9-5-3-7-12(14)15-18-19-16(25)20(15)17-10-11-6-2-4-8-13(11)21(22)23/h2-10H,1H3,(H,19,25)/b17-10+. The van der Waals surface area contributed by atoms with Gasteiger partial charge in [-0.05, 0) is 30.4 Å². The minimum absolute atomic E-state index is 0.0416. The largest absolute Gasteiger partial charge is 0.496 e. The van der Waals surface area contributed by atoms with Gasteiger partial charge in [0.1, 0.15) is 5.75 Å². The van der Waals surface area contributed by atoms with Crippen molar-refractivity contribution in [2.45, 2.75) is 0 Å². The highest BCUT2D eigenvalue weighted by Gasteiger charge is 2.14. The summed E-state index contributed by atoms with van der Waals surface area (Å²) in [5.41, 5.74) is 1.01. The number of methoxy groups -OCH3 is 1. The molecule has 3 aromatic rings. The van der Waals surface area contributed by atoms with E-state index in [9.17, 15) is 10.1 Å². The molecule has 1 N–H and O–H groups in total. The summed E-state index contributed by atoms with van der Waals surface area (Å²) in [7, 11) is 1.56. The summed E-state index contributed by atoms with van der Waals surface area (Å²) in [5, 5.41) is 22.2. The van der Waals surface area contributed by atoms with E-state index < -0.39 is 4.92 Å². The quantitative estimate of drug-likeness (QED) is 0.327. The molecule has 126 valence electrons. The molecule has 0 unspecified atom stereocenters. The molecule has 25 heavy (non-hydrogen) atoms. The molecule has 1 aromatic heterocycles. The number of nitro benzene ring substituents is 1. The van der Waals surface area contributed by atoms with Crippen LogP contribution in [-0.2, 0) is 0 Å². The number of nitrogens with one attached hydrogen (secondary N) is 1. The summed E-state index contributed by atoms with van der Waals surface area (Å²) in [6.45, 7) is 0. The van der Waals surface area contributed by atoms with Crippen molar-refractivity contribution in [2.24, 2.45) is 5.10 Å². The van der Waals surface area contributed by atoms with Crippen LogP contribution in [-0.4, -0.2) is 33.1 Å². The van der Waals surface area contributed by atoms with Crippen molar-refractivity contribution in [2.75, 3.05) is 7.11 Å². The number of nitrogens with zero attached hydrogens (tertiary/aromatic N) is 4. The Morgan fingerprint density at radius 2 is 2.00 bits per heavy atom. The van der Waals surface area contributed by atoms with Crippen molar-refractivity contribution >= 4 is 24.1 Å². The molecule has 0 amide bonds. The van der Waals surface area contributed by atoms with Gasteiger partial charge in [0, 0.05) is 6.07 Å². The lowest BCUT2D eigenvalue weighted by Crippen LogP contribution is -1.99. The van der Waals surface area contributed by atoms with E-state index >= 15 is 0 Å². The number of rotatable bonds is 5. The number of aromatic amines is 1. The van der Waals surface area contributed by atoms with E-state index in [1.54, 1.807) is 31.4 Å². The van der Waals surface area contributed by atoms with Crippen LogP contribution >= 0.6 is 12.2 Å². The van der Waals surface area contributed by atoms with Crippen LogP contribution < -0.4 is 4.74 Å². The van der Waals surface area contributed by atoms with Crippen LogP contribution in [0.2, 0.25) is 0 Å². The minimum atomic E-state index is -0.461. The number of nitro groups is 1. The molecule has 9 heteroatoms. The van der Waals surface area contributed by atoms with Gasteiger partial charge in [-0.25, -0.2) is 5.10 Å². The average Bonchev–Trinajstić information content (AvgIpc) is 3.00. The van der Waals surface area contributed by atoms with Gasteiger partial charge in [0.25, 0.3) is 5.69 Å². The number of para-hydroxylation sites is 2. The molecule has 0 fully saturated rings. The Hall–Kier alpha value is -3.33. The highest BCUT2D eigenvalue weighted by atomic mass is 32.1. The second-order valence-corrected chi connectivity index (χ2v) is 5.31. The fourth-order valence-electron chi connectivity index (χ4n) is 2.29. The summed E-state index contributed by atoms with van der Waals surface area (Å²) in [5.74, 6) is 1.05. The molecule has 0 aliphatic heterocycles. The first kappa shape index (κ1) is 16.5. The fourth-order valence-corrected chi connectivity index (χ4v) is 2.46. The van der Waals surface area contributed by atoms with E-state index in [0.29, 0.717) is 22.7 Å². The van der Waals surface area contributed by atoms with Gasteiger partial charge in [0.15, 0.2) is 5.82 Å². The van der Waals surface area contributed by atoms with Crippen molar-refractivity contribution in [3.63, 3.8) is 0 Å². The highest BCUT2D eigenvalue weighted by molar-refractivity contribution is 7.71. The predicted octanol–water partition coefficient (Wildman–Crippen LogP) is 3.41. The monoisotopic (exact) mass is 355 g/mol. The van der Waals surface area contributed by atoms with E-state index in [1.165, 1.54) is 17.0 Å². The van der Waals surface area contributed by atoms with Crippen molar-refractivity contribution in [3.8, 4) is 17.1 Å². The lowest BCUT2D eigenvalue weighted by molar-refractivity contribution is -0.385. The van der Waals surface area contributed by atoms with Gasteiger partial charge < -0.3 is 4.74 Å². The third kappa shape index (κ3) is 3.31. The van der Waals surface area contributed by atoms with E-state index in [4.69, 9.17) is 17.0 Å². The smallest absolute Gasteiger partial charge is 0.278 e. The van der Waals surface area contributed by atoms with Crippen molar-refractivity contribution < 1.29 is 9.66 Å². The van der Waals surface area contributed by atoms with Crippen molar-refractivity contribution in [3.05, 3.63) is 69.0 Å². The first-order valence-electron chi connectivity index (χ1n) is 7.20. The molecule has 1 heterocycles. The zero-order valence-electron chi connectivity index (χ0n) is 13.1. The van der Waals surface area contributed by atoms with Gasteiger partial charge in [-0.15, -0.1) is 0 Å². The molecule has 0 spiro atoms. The summed E-state index contributed by atoms with van der Waals surface area (Å²) in [6.07, 6.45) is 1.38. The Bertz CT molecular complexity index is 1010. The van der Waals surface area contributed by atoms with Crippen LogP contribution in [0.5, 0.6) is 5.75 Å². The van der Waals surface area contributed by atoms with Crippen LogP contribution in [0.4, 0.5) is 5.69 Å². The minimum Gasteiger partial charge on any atom is -0.496 e. The van der Waals surface area contributed by atoms with Crippen LogP contribution in [0.15, 0.2) is 53.6 Å². The number of hydrogen-bond acceptors (Lipinski definition) is 6. The van der Waals surface area contributed by atoms with E-state index in [0.717, 1.165) is 0 Å². The van der Waals surface area contributed by atoms with E-state index in [2.05, 4.69) is 15.3 Å². The SMILES string of the molecule is COc1ccccc1-c1n[nH]c(=S)n1/N=C/c1ccccc1[N+](=O)[O-]. The average molecular weight is 355 g/mol. The van der Waals surface area contributed by atoms with E-state index in [-0.39, 0.29) is 10.5 Å². The number of H-pyrrole nitrogens is 1. The predicted molar refractivity (Wildman–Crippen MR) is 95.5 cm³/mol. The lowest BCUT2D eigenvalue weighted by Gasteiger charge is -2.06. The molecular weight excluding hydrogens is 342 g/mol. The first-order chi connectivity index (χ1) is 12.1. The van der Waals surface area contributed by atoms with Gasteiger partial charge >= 0.3 is 0 Å². The van der Waals surface area contributed by atoms with Gasteiger partial charge in [0.05, 0.1) is 29.4 Å². The molecule has 3 rings (SSSR count). The third-order valence-electron chi connectivity index (χ3n) is 3.44. The third-order valence-corrected chi connectivity index (χ3v) is 3.71. The molecule has 0 saturated carbocycles. The molecular formula is C16H13N5O3S. The van der Waals surface area contributed by atoms with Crippen LogP contribution in [0.3, 0.4) is 0 Å². The Morgan fingerprint density at radius 3 is 2.76 bits per heavy atom. The summed E-state index contributed by atoms with van der Waals surface area (Å²) >= 11 is 5.21. The molecule has 0 aliphatic rings. The molecule has 0 saturated heterocycles. The maximum absolute atomic E-state index is 11.1. The Balaban J connectivity index is 2.07. The maximum atomic E-state index is 11.1. The topological polar surface area (TPSA) is 98.3 Å². The van der Waals surface area contributed by atoms with Crippen LogP contribution in [0, 0.1) is 14.9 Å². The van der Waals surface area contributed by atoms with Crippen LogP contribution in [0.1, 0.15) is 5.56 Å². The molecule has 0 atom stereocenters. The second-order valence-electron chi connectivity index (χ2n) is 4.92. The Labute approximate surface area is 147 Å². The molecule has 0 aliphatic carbocycles. The summed E-state index contributed by atoms with van der Waals surface area (Å²) in [6, 6.07) is 13.6. The Kier molecular flexibility index (Phi) is 4.66. The van der Waals surface area contributed by atoms with Crippen LogP contribution in [0.25, 0.3) is 11.4 Å². The van der Waals surface area contributed by atoms with Crippen molar-refractivity contribution in [1.29, 1.82) is 0 Å².